The summed E-state index contributed by atoms with van der Waals surface area (Å²) in [4.78, 5) is 0. The van der Waals surface area contributed by atoms with E-state index in [-0.39, 0.29) is 6.04 Å². The second-order valence-corrected chi connectivity index (χ2v) is 6.37. The summed E-state index contributed by atoms with van der Waals surface area (Å²) in [7, 11) is 1.70. The number of benzene rings is 2. The third-order valence-corrected chi connectivity index (χ3v) is 4.47. The van der Waals surface area contributed by atoms with Crippen LogP contribution in [0.1, 0.15) is 29.7 Å². The maximum absolute atomic E-state index is 6.05. The Morgan fingerprint density at radius 3 is 2.71 bits per heavy atom. The average molecular weight is 369 g/mol. The van der Waals surface area contributed by atoms with Gasteiger partial charge >= 0.3 is 0 Å². The van der Waals surface area contributed by atoms with Crippen LogP contribution in [-0.2, 0) is 6.54 Å². The van der Waals surface area contributed by atoms with Gasteiger partial charge in [0.25, 0.3) is 0 Å². The van der Waals surface area contributed by atoms with Crippen molar-refractivity contribution in [3.63, 3.8) is 0 Å². The van der Waals surface area contributed by atoms with Crippen molar-refractivity contribution >= 4 is 27.5 Å². The molecule has 0 heterocycles. The fourth-order valence-corrected chi connectivity index (χ4v) is 2.83. The van der Waals surface area contributed by atoms with Crippen molar-refractivity contribution in [1.29, 1.82) is 0 Å². The van der Waals surface area contributed by atoms with Crippen LogP contribution in [0.5, 0.6) is 5.75 Å². The quantitative estimate of drug-likeness (QED) is 0.776. The molecule has 0 amide bonds. The largest absolute Gasteiger partial charge is 0.496 e. The number of halogens is 2. The molecule has 0 spiro atoms. The maximum atomic E-state index is 6.05. The van der Waals surface area contributed by atoms with Crippen molar-refractivity contribution < 1.29 is 4.74 Å². The van der Waals surface area contributed by atoms with E-state index in [1.54, 1.807) is 7.11 Å². The second kappa shape index (κ2) is 7.30. The molecule has 1 atom stereocenters. The average Bonchev–Trinajstić information content (AvgIpc) is 2.47. The van der Waals surface area contributed by atoms with Gasteiger partial charge < -0.3 is 10.1 Å². The highest BCUT2D eigenvalue weighted by Gasteiger charge is 2.12. The van der Waals surface area contributed by atoms with Gasteiger partial charge in [-0.15, -0.1) is 0 Å². The van der Waals surface area contributed by atoms with Crippen molar-refractivity contribution in [1.82, 2.24) is 5.32 Å². The molecule has 2 aromatic rings. The predicted octanol–water partition coefficient (Wildman–Crippen LogP) is 5.27. The molecule has 1 N–H and O–H groups in total. The third kappa shape index (κ3) is 4.22. The van der Waals surface area contributed by atoms with Crippen LogP contribution >= 0.6 is 27.5 Å². The molecule has 0 aromatic heterocycles. The molecule has 0 aliphatic carbocycles. The van der Waals surface area contributed by atoms with E-state index < -0.39 is 0 Å². The summed E-state index contributed by atoms with van der Waals surface area (Å²) in [5.41, 5.74) is 3.53. The van der Waals surface area contributed by atoms with Gasteiger partial charge in [0.05, 0.1) is 7.11 Å². The van der Waals surface area contributed by atoms with E-state index in [1.165, 1.54) is 5.56 Å². The lowest BCUT2D eigenvalue weighted by Gasteiger charge is -2.18. The first-order chi connectivity index (χ1) is 10.0. The zero-order chi connectivity index (χ0) is 15.4. The van der Waals surface area contributed by atoms with Gasteiger partial charge in [0.1, 0.15) is 5.75 Å². The summed E-state index contributed by atoms with van der Waals surface area (Å²) >= 11 is 9.60. The first kappa shape index (κ1) is 16.3. The van der Waals surface area contributed by atoms with E-state index in [2.05, 4.69) is 47.2 Å². The van der Waals surface area contributed by atoms with E-state index >= 15 is 0 Å². The Labute approximate surface area is 139 Å². The highest BCUT2D eigenvalue weighted by Crippen LogP contribution is 2.27. The first-order valence-electron chi connectivity index (χ1n) is 6.83. The normalized spacial score (nSPS) is 12.2. The van der Waals surface area contributed by atoms with Crippen LogP contribution in [-0.4, -0.2) is 7.11 Å². The number of rotatable bonds is 5. The van der Waals surface area contributed by atoms with E-state index in [4.69, 9.17) is 16.3 Å². The van der Waals surface area contributed by atoms with Crippen LogP contribution in [0.4, 0.5) is 0 Å². The van der Waals surface area contributed by atoms with Crippen LogP contribution in [0.2, 0.25) is 5.02 Å². The number of aryl methyl sites for hydroxylation is 1. The molecule has 0 saturated carbocycles. The van der Waals surface area contributed by atoms with Gasteiger partial charge in [0, 0.05) is 27.6 Å². The van der Waals surface area contributed by atoms with Crippen LogP contribution in [0.3, 0.4) is 0 Å². The fourth-order valence-electron chi connectivity index (χ4n) is 2.24. The van der Waals surface area contributed by atoms with Gasteiger partial charge in [-0.05, 0) is 43.7 Å². The van der Waals surface area contributed by atoms with Crippen LogP contribution in [0.25, 0.3) is 0 Å². The zero-order valence-electron chi connectivity index (χ0n) is 12.4. The summed E-state index contributed by atoms with van der Waals surface area (Å²) in [6.45, 7) is 4.96. The van der Waals surface area contributed by atoms with Gasteiger partial charge in [0.15, 0.2) is 0 Å². The molecule has 0 aliphatic rings. The lowest BCUT2D eigenvalue weighted by molar-refractivity contribution is 0.401. The van der Waals surface area contributed by atoms with Gasteiger partial charge in [0.2, 0.25) is 0 Å². The molecule has 21 heavy (non-hydrogen) atoms. The molecular formula is C17H19BrClNO. The summed E-state index contributed by atoms with van der Waals surface area (Å²) in [5.74, 6) is 0.908. The fraction of sp³-hybridized carbons (Fsp3) is 0.294. The van der Waals surface area contributed by atoms with Crippen molar-refractivity contribution in [2.45, 2.75) is 26.4 Å². The van der Waals surface area contributed by atoms with Gasteiger partial charge in [-0.2, -0.15) is 0 Å². The minimum absolute atomic E-state index is 0.186. The van der Waals surface area contributed by atoms with Gasteiger partial charge in [-0.25, -0.2) is 0 Å². The van der Waals surface area contributed by atoms with E-state index in [9.17, 15) is 0 Å². The number of ether oxygens (including phenoxy) is 1. The highest BCUT2D eigenvalue weighted by molar-refractivity contribution is 9.10. The Kier molecular flexibility index (Phi) is 5.68. The Morgan fingerprint density at radius 2 is 2.00 bits per heavy atom. The molecule has 0 fully saturated rings. The number of methoxy groups -OCH3 is 1. The second-order valence-electron chi connectivity index (χ2n) is 5.08. The molecule has 112 valence electrons. The minimum atomic E-state index is 0.186. The summed E-state index contributed by atoms with van der Waals surface area (Å²) in [6, 6.07) is 12.2. The molecule has 1 unspecified atom stereocenters. The van der Waals surface area contributed by atoms with Gasteiger partial charge in [-0.1, -0.05) is 45.2 Å². The molecular weight excluding hydrogens is 350 g/mol. The van der Waals surface area contributed by atoms with Crippen molar-refractivity contribution in [2.75, 3.05) is 7.11 Å². The zero-order valence-corrected chi connectivity index (χ0v) is 14.8. The van der Waals surface area contributed by atoms with Crippen molar-refractivity contribution in [2.24, 2.45) is 0 Å². The standard InChI is InChI=1S/C17H19BrClNO/c1-11-4-7-17(21-3)15(8-11)12(2)20-10-13-9-14(19)5-6-16(13)18/h4-9,12,20H,10H2,1-3H3. The van der Waals surface area contributed by atoms with E-state index in [1.807, 2.05) is 24.3 Å². The van der Waals surface area contributed by atoms with Gasteiger partial charge in [-0.3, -0.25) is 0 Å². The lowest BCUT2D eigenvalue weighted by atomic mass is 10.0. The molecule has 0 saturated heterocycles. The lowest BCUT2D eigenvalue weighted by Crippen LogP contribution is -2.19. The number of hydrogen-bond donors (Lipinski definition) is 1. The summed E-state index contributed by atoms with van der Waals surface area (Å²) in [6.07, 6.45) is 0. The highest BCUT2D eigenvalue weighted by atomic mass is 79.9. The monoisotopic (exact) mass is 367 g/mol. The molecule has 2 aromatic carbocycles. The maximum Gasteiger partial charge on any atom is 0.123 e. The van der Waals surface area contributed by atoms with Crippen LogP contribution in [0, 0.1) is 6.92 Å². The number of hydrogen-bond acceptors (Lipinski definition) is 2. The molecule has 4 heteroatoms. The smallest absolute Gasteiger partial charge is 0.123 e. The molecule has 2 nitrogen and oxygen atoms in total. The SMILES string of the molecule is COc1ccc(C)cc1C(C)NCc1cc(Cl)ccc1Br. The molecule has 0 bridgehead atoms. The van der Waals surface area contributed by atoms with Crippen LogP contribution in [0.15, 0.2) is 40.9 Å². The molecule has 0 aliphatic heterocycles. The van der Waals surface area contributed by atoms with E-state index in [0.29, 0.717) is 0 Å². The Balaban J connectivity index is 2.13. The Hall–Kier alpha value is -1.03. The van der Waals surface area contributed by atoms with E-state index in [0.717, 1.165) is 32.9 Å². The summed E-state index contributed by atoms with van der Waals surface area (Å²) < 4.78 is 6.50. The first-order valence-corrected chi connectivity index (χ1v) is 8.00. The molecule has 0 radical (unpaired) electrons. The third-order valence-electron chi connectivity index (χ3n) is 3.46. The predicted molar refractivity (Wildman–Crippen MR) is 92.1 cm³/mol. The van der Waals surface area contributed by atoms with Crippen molar-refractivity contribution in [3.05, 3.63) is 62.6 Å². The Bertz CT molecular complexity index is 630. The minimum Gasteiger partial charge on any atom is -0.496 e. The molecule has 2 rings (SSSR count). The Morgan fingerprint density at radius 1 is 1.24 bits per heavy atom. The summed E-state index contributed by atoms with van der Waals surface area (Å²) in [5, 5.41) is 4.26. The number of nitrogens with one attached hydrogen (secondary N) is 1. The topological polar surface area (TPSA) is 21.3 Å². The van der Waals surface area contributed by atoms with Crippen LogP contribution < -0.4 is 10.1 Å². The van der Waals surface area contributed by atoms with Crippen molar-refractivity contribution in [3.8, 4) is 5.75 Å².